The van der Waals surface area contributed by atoms with Crippen LogP contribution in [0.15, 0.2) is 42.6 Å². The normalized spacial score (nSPS) is 10.7. The number of nitrogens with zero attached hydrogens (tertiary/aromatic N) is 4. The van der Waals surface area contributed by atoms with Crippen LogP contribution in [0, 0.1) is 10.1 Å². The van der Waals surface area contributed by atoms with Crippen LogP contribution in [0.5, 0.6) is 5.75 Å². The predicted octanol–water partition coefficient (Wildman–Crippen LogP) is 2.01. The number of fused-ring (bicyclic) bond motifs is 1. The van der Waals surface area contributed by atoms with Crippen molar-refractivity contribution >= 4 is 11.3 Å². The molecule has 2 aromatic heterocycles. The Hall–Kier alpha value is -2.96. The maximum absolute atomic E-state index is 10.7. The summed E-state index contributed by atoms with van der Waals surface area (Å²) in [6.45, 7) is 0. The van der Waals surface area contributed by atoms with E-state index in [0.29, 0.717) is 17.0 Å². The van der Waals surface area contributed by atoms with E-state index in [9.17, 15) is 15.2 Å². The van der Waals surface area contributed by atoms with Crippen molar-refractivity contribution in [3.8, 4) is 17.1 Å². The quantitative estimate of drug-likeness (QED) is 0.559. The zero-order chi connectivity index (χ0) is 13.4. The molecule has 0 aliphatic carbocycles. The minimum atomic E-state index is -0.491. The van der Waals surface area contributed by atoms with E-state index in [4.69, 9.17) is 0 Å². The van der Waals surface area contributed by atoms with E-state index in [2.05, 4.69) is 10.1 Å². The maximum atomic E-state index is 10.7. The van der Waals surface area contributed by atoms with Crippen LogP contribution in [-0.2, 0) is 0 Å². The number of pyridine rings is 1. The van der Waals surface area contributed by atoms with Crippen LogP contribution < -0.4 is 0 Å². The number of rotatable bonds is 2. The van der Waals surface area contributed by atoms with Gasteiger partial charge < -0.3 is 5.11 Å². The Morgan fingerprint density at radius 3 is 2.84 bits per heavy atom. The Morgan fingerprint density at radius 1 is 1.26 bits per heavy atom. The average molecular weight is 256 g/mol. The van der Waals surface area contributed by atoms with Gasteiger partial charge in [-0.1, -0.05) is 12.1 Å². The van der Waals surface area contributed by atoms with Gasteiger partial charge in [0.1, 0.15) is 11.9 Å². The number of nitro groups is 1. The summed E-state index contributed by atoms with van der Waals surface area (Å²) in [6, 6.07) is 9.41. The molecule has 3 rings (SSSR count). The molecule has 1 N–H and O–H groups in total. The molecule has 3 aromatic rings. The van der Waals surface area contributed by atoms with Gasteiger partial charge in [0.2, 0.25) is 0 Å². The number of benzene rings is 1. The number of aromatic nitrogens is 3. The van der Waals surface area contributed by atoms with Gasteiger partial charge >= 0.3 is 0 Å². The maximum Gasteiger partial charge on any atom is 0.287 e. The van der Waals surface area contributed by atoms with Crippen LogP contribution in [0.1, 0.15) is 0 Å². The van der Waals surface area contributed by atoms with Gasteiger partial charge in [-0.25, -0.2) is 9.50 Å². The number of hydrogen-bond acceptors (Lipinski definition) is 5. The van der Waals surface area contributed by atoms with Crippen LogP contribution >= 0.6 is 0 Å². The molecular formula is C12H8N4O3. The number of hydrogen-bond donors (Lipinski definition) is 1. The molecule has 0 fully saturated rings. The van der Waals surface area contributed by atoms with Gasteiger partial charge in [0.15, 0.2) is 11.5 Å². The van der Waals surface area contributed by atoms with Gasteiger partial charge in [0.25, 0.3) is 5.69 Å². The van der Waals surface area contributed by atoms with Crippen molar-refractivity contribution in [1.82, 2.24) is 14.6 Å². The molecular weight excluding hydrogens is 248 g/mol. The van der Waals surface area contributed by atoms with Crippen LogP contribution in [0.25, 0.3) is 17.0 Å². The van der Waals surface area contributed by atoms with E-state index in [1.54, 1.807) is 18.2 Å². The van der Waals surface area contributed by atoms with Gasteiger partial charge in [-0.05, 0) is 18.2 Å². The van der Waals surface area contributed by atoms with Gasteiger partial charge in [-0.2, -0.15) is 0 Å². The third-order valence-electron chi connectivity index (χ3n) is 2.63. The molecule has 1 aromatic carbocycles. The summed E-state index contributed by atoms with van der Waals surface area (Å²) in [5, 5.41) is 24.2. The van der Waals surface area contributed by atoms with Crippen molar-refractivity contribution in [2.45, 2.75) is 0 Å². The highest BCUT2D eigenvalue weighted by Gasteiger charge is 2.11. The largest absolute Gasteiger partial charge is 0.508 e. The first-order valence-electron chi connectivity index (χ1n) is 5.44. The molecule has 0 amide bonds. The fourth-order valence-corrected chi connectivity index (χ4v) is 1.75. The summed E-state index contributed by atoms with van der Waals surface area (Å²) in [6.07, 6.45) is 1.30. The first-order chi connectivity index (χ1) is 9.13. The van der Waals surface area contributed by atoms with Crippen molar-refractivity contribution in [2.24, 2.45) is 0 Å². The van der Waals surface area contributed by atoms with Gasteiger partial charge in [-0.15, -0.1) is 5.10 Å². The second kappa shape index (κ2) is 4.05. The van der Waals surface area contributed by atoms with E-state index in [1.165, 1.54) is 28.9 Å². The third kappa shape index (κ3) is 1.97. The molecule has 0 radical (unpaired) electrons. The van der Waals surface area contributed by atoms with Crippen molar-refractivity contribution in [3.05, 3.63) is 52.7 Å². The molecule has 0 aliphatic rings. The summed E-state index contributed by atoms with van der Waals surface area (Å²) in [5.74, 6) is 0.513. The Labute approximate surface area is 106 Å². The Kier molecular flexibility index (Phi) is 2.38. The lowest BCUT2D eigenvalue weighted by Crippen LogP contribution is -1.92. The molecule has 2 heterocycles. The number of phenolic OH excluding ortho intramolecular Hbond substituents is 1. The SMILES string of the molecule is O=[N+]([O-])c1ccc2nc(-c3cccc(O)c3)nn2c1. The molecule has 0 spiro atoms. The molecule has 0 saturated carbocycles. The first kappa shape index (κ1) is 11.1. The summed E-state index contributed by atoms with van der Waals surface area (Å²) >= 11 is 0. The van der Waals surface area contributed by atoms with Crippen molar-refractivity contribution in [1.29, 1.82) is 0 Å². The summed E-state index contributed by atoms with van der Waals surface area (Å²) in [5.41, 5.74) is 1.09. The topological polar surface area (TPSA) is 93.6 Å². The van der Waals surface area contributed by atoms with Gasteiger partial charge in [-0.3, -0.25) is 10.1 Å². The van der Waals surface area contributed by atoms with Crippen LogP contribution in [0.4, 0.5) is 5.69 Å². The molecule has 7 nitrogen and oxygen atoms in total. The standard InChI is InChI=1S/C12H8N4O3/c17-10-3-1-2-8(6-10)12-13-11-5-4-9(16(18)19)7-15(11)14-12/h1-7,17H. The van der Waals surface area contributed by atoms with Crippen LogP contribution in [0.3, 0.4) is 0 Å². The van der Waals surface area contributed by atoms with Crippen molar-refractivity contribution < 1.29 is 10.0 Å². The highest BCUT2D eigenvalue weighted by molar-refractivity contribution is 5.60. The Morgan fingerprint density at radius 2 is 2.11 bits per heavy atom. The van der Waals surface area contributed by atoms with Crippen LogP contribution in [0.2, 0.25) is 0 Å². The molecule has 7 heteroatoms. The molecule has 19 heavy (non-hydrogen) atoms. The lowest BCUT2D eigenvalue weighted by Gasteiger charge is -1.94. The second-order valence-corrected chi connectivity index (χ2v) is 3.93. The second-order valence-electron chi connectivity index (χ2n) is 3.93. The van der Waals surface area contributed by atoms with Gasteiger partial charge in [0, 0.05) is 11.6 Å². The zero-order valence-electron chi connectivity index (χ0n) is 9.59. The van der Waals surface area contributed by atoms with E-state index in [0.717, 1.165) is 0 Å². The highest BCUT2D eigenvalue weighted by Crippen LogP contribution is 2.21. The summed E-state index contributed by atoms with van der Waals surface area (Å²) < 4.78 is 1.34. The molecule has 0 bridgehead atoms. The molecule has 0 aliphatic heterocycles. The molecule has 0 unspecified atom stereocenters. The predicted molar refractivity (Wildman–Crippen MR) is 66.7 cm³/mol. The number of aromatic hydroxyl groups is 1. The average Bonchev–Trinajstić information content (AvgIpc) is 2.81. The summed E-state index contributed by atoms with van der Waals surface area (Å²) in [7, 11) is 0. The minimum absolute atomic E-state index is 0.0557. The van der Waals surface area contributed by atoms with E-state index in [-0.39, 0.29) is 11.4 Å². The van der Waals surface area contributed by atoms with Crippen molar-refractivity contribution in [3.63, 3.8) is 0 Å². The van der Waals surface area contributed by atoms with E-state index < -0.39 is 4.92 Å². The number of phenols is 1. The summed E-state index contributed by atoms with van der Waals surface area (Å²) in [4.78, 5) is 14.4. The first-order valence-corrected chi connectivity index (χ1v) is 5.44. The fourth-order valence-electron chi connectivity index (χ4n) is 1.75. The lowest BCUT2D eigenvalue weighted by molar-refractivity contribution is -0.385. The van der Waals surface area contributed by atoms with E-state index in [1.807, 2.05) is 0 Å². The minimum Gasteiger partial charge on any atom is -0.508 e. The van der Waals surface area contributed by atoms with Gasteiger partial charge in [0.05, 0.1) is 4.92 Å². The molecule has 94 valence electrons. The molecule has 0 saturated heterocycles. The van der Waals surface area contributed by atoms with Crippen LogP contribution in [-0.4, -0.2) is 24.6 Å². The highest BCUT2D eigenvalue weighted by atomic mass is 16.6. The van der Waals surface area contributed by atoms with Crippen molar-refractivity contribution in [2.75, 3.05) is 0 Å². The molecule has 0 atom stereocenters. The Balaban J connectivity index is 2.14. The fraction of sp³-hybridized carbons (Fsp3) is 0. The third-order valence-corrected chi connectivity index (χ3v) is 2.63. The monoisotopic (exact) mass is 256 g/mol. The van der Waals surface area contributed by atoms with E-state index >= 15 is 0 Å². The Bertz CT molecular complexity index is 781. The zero-order valence-corrected chi connectivity index (χ0v) is 9.59. The lowest BCUT2D eigenvalue weighted by atomic mass is 10.2. The smallest absolute Gasteiger partial charge is 0.287 e.